The number of fused-ring (bicyclic) bond motifs is 3. The highest BCUT2D eigenvalue weighted by Crippen LogP contribution is 2.29. The third-order valence-electron chi connectivity index (χ3n) is 5.96. The Kier molecular flexibility index (Phi) is 4.65. The number of benzene rings is 2. The fourth-order valence-corrected chi connectivity index (χ4v) is 4.43. The van der Waals surface area contributed by atoms with Crippen molar-refractivity contribution in [1.82, 2.24) is 24.9 Å². The molecule has 0 spiro atoms. The molecule has 1 aliphatic rings. The Morgan fingerprint density at radius 2 is 1.90 bits per heavy atom. The van der Waals surface area contributed by atoms with Gasteiger partial charge in [-0.05, 0) is 72.7 Å². The maximum Gasteiger partial charge on any atom is 0.254 e. The maximum atomic E-state index is 13.4. The quantitative estimate of drug-likeness (QED) is 0.509. The van der Waals surface area contributed by atoms with Gasteiger partial charge in [0.15, 0.2) is 5.65 Å². The highest BCUT2D eigenvalue weighted by atomic mass is 19.1. The lowest BCUT2D eigenvalue weighted by Gasteiger charge is -2.29. The topological polar surface area (TPSA) is 63.4 Å². The monoisotopic (exact) mass is 403 g/mol. The number of aryl methyl sites for hydroxylation is 1. The molecule has 0 saturated heterocycles. The Balaban J connectivity index is 1.58. The van der Waals surface area contributed by atoms with Crippen LogP contribution in [-0.4, -0.2) is 36.9 Å². The van der Waals surface area contributed by atoms with Crippen LogP contribution in [0.2, 0.25) is 0 Å². The summed E-state index contributed by atoms with van der Waals surface area (Å²) in [5, 5.41) is 13.3. The second-order valence-corrected chi connectivity index (χ2v) is 8.02. The first-order valence-electron chi connectivity index (χ1n) is 10.3. The highest BCUT2D eigenvalue weighted by molar-refractivity contribution is 5.94. The van der Waals surface area contributed by atoms with Crippen LogP contribution in [0.5, 0.6) is 0 Å². The molecular formula is C23H22FN5O. The third kappa shape index (κ3) is 3.30. The van der Waals surface area contributed by atoms with E-state index in [1.165, 1.54) is 12.1 Å². The number of tetrazole rings is 1. The molecule has 0 bridgehead atoms. The van der Waals surface area contributed by atoms with E-state index in [-0.39, 0.29) is 17.8 Å². The normalized spacial score (nSPS) is 14.6. The van der Waals surface area contributed by atoms with Gasteiger partial charge in [-0.15, -0.1) is 5.10 Å². The van der Waals surface area contributed by atoms with Crippen LogP contribution < -0.4 is 0 Å². The summed E-state index contributed by atoms with van der Waals surface area (Å²) in [5.41, 5.74) is 4.13. The molecule has 2 heterocycles. The number of hydrogen-bond acceptors (Lipinski definition) is 4. The zero-order valence-corrected chi connectivity index (χ0v) is 16.8. The van der Waals surface area contributed by atoms with Gasteiger partial charge in [0.05, 0.1) is 12.1 Å². The van der Waals surface area contributed by atoms with Crippen molar-refractivity contribution in [2.75, 3.05) is 0 Å². The summed E-state index contributed by atoms with van der Waals surface area (Å²) in [6, 6.07) is 14.2. The number of amides is 1. The van der Waals surface area contributed by atoms with Crippen LogP contribution in [0.25, 0.3) is 16.6 Å². The predicted molar refractivity (Wildman–Crippen MR) is 112 cm³/mol. The lowest BCUT2D eigenvalue weighted by Crippen LogP contribution is -2.38. The molecular weight excluding hydrogens is 381 g/mol. The second kappa shape index (κ2) is 7.48. The Hall–Kier alpha value is -3.35. The van der Waals surface area contributed by atoms with Crippen LogP contribution in [0.15, 0.2) is 48.5 Å². The molecule has 1 aliphatic carbocycles. The van der Waals surface area contributed by atoms with E-state index in [1.54, 1.807) is 16.6 Å². The van der Waals surface area contributed by atoms with Gasteiger partial charge in [0.25, 0.3) is 5.91 Å². The van der Waals surface area contributed by atoms with Crippen molar-refractivity contribution in [3.8, 4) is 0 Å². The first-order valence-corrected chi connectivity index (χ1v) is 10.3. The molecule has 4 aromatic rings. The van der Waals surface area contributed by atoms with Gasteiger partial charge < -0.3 is 4.90 Å². The summed E-state index contributed by atoms with van der Waals surface area (Å²) in [7, 11) is 0. The Bertz CT molecular complexity index is 1230. The Morgan fingerprint density at radius 3 is 2.67 bits per heavy atom. The molecule has 0 N–H and O–H groups in total. The molecule has 5 rings (SSSR count). The minimum absolute atomic E-state index is 0.0862. The summed E-state index contributed by atoms with van der Waals surface area (Å²) >= 11 is 0. The smallest absolute Gasteiger partial charge is 0.254 e. The van der Waals surface area contributed by atoms with Crippen LogP contribution in [-0.2, 0) is 6.54 Å². The van der Waals surface area contributed by atoms with Crippen molar-refractivity contribution in [2.24, 2.45) is 0 Å². The highest BCUT2D eigenvalue weighted by Gasteiger charge is 2.28. The fourth-order valence-electron chi connectivity index (χ4n) is 4.43. The Labute approximate surface area is 173 Å². The summed E-state index contributed by atoms with van der Waals surface area (Å²) < 4.78 is 15.1. The number of aromatic nitrogens is 4. The number of carbonyl (C=O) groups is 1. The molecule has 0 radical (unpaired) electrons. The minimum Gasteiger partial charge on any atom is -0.331 e. The molecule has 6 nitrogen and oxygen atoms in total. The molecule has 2 aromatic carbocycles. The zero-order valence-electron chi connectivity index (χ0n) is 16.8. The first kappa shape index (κ1) is 18.7. The van der Waals surface area contributed by atoms with E-state index >= 15 is 0 Å². The van der Waals surface area contributed by atoms with Crippen LogP contribution in [0.3, 0.4) is 0 Å². The number of carbonyl (C=O) groups excluding carboxylic acids is 1. The van der Waals surface area contributed by atoms with Gasteiger partial charge in [-0.1, -0.05) is 24.5 Å². The summed E-state index contributed by atoms with van der Waals surface area (Å²) in [4.78, 5) is 15.3. The second-order valence-electron chi connectivity index (χ2n) is 8.02. The van der Waals surface area contributed by atoms with Crippen LogP contribution >= 0.6 is 0 Å². The zero-order chi connectivity index (χ0) is 20.7. The molecule has 7 heteroatoms. The van der Waals surface area contributed by atoms with Crippen molar-refractivity contribution >= 4 is 22.5 Å². The van der Waals surface area contributed by atoms with Crippen molar-refractivity contribution in [1.29, 1.82) is 0 Å². The molecule has 0 atom stereocenters. The average molecular weight is 403 g/mol. The number of halogens is 1. The van der Waals surface area contributed by atoms with Gasteiger partial charge in [0.1, 0.15) is 5.82 Å². The van der Waals surface area contributed by atoms with E-state index in [4.69, 9.17) is 0 Å². The van der Waals surface area contributed by atoms with Gasteiger partial charge in [-0.2, -0.15) is 4.52 Å². The number of hydrogen-bond donors (Lipinski definition) is 0. The van der Waals surface area contributed by atoms with Crippen LogP contribution in [0.4, 0.5) is 4.39 Å². The van der Waals surface area contributed by atoms with Gasteiger partial charge in [0, 0.05) is 22.6 Å². The van der Waals surface area contributed by atoms with Crippen LogP contribution in [0, 0.1) is 12.7 Å². The number of pyridine rings is 1. The number of rotatable bonds is 4. The molecule has 0 aliphatic heterocycles. The van der Waals surface area contributed by atoms with Gasteiger partial charge in [-0.25, -0.2) is 4.39 Å². The molecule has 152 valence electrons. The summed E-state index contributed by atoms with van der Waals surface area (Å²) in [6.45, 7) is 2.46. The van der Waals surface area contributed by atoms with E-state index in [9.17, 15) is 9.18 Å². The SMILES string of the molecule is Cc1ccc2c(c1)cc(CN(C(=O)c1ccc(F)cc1)C1CCCC1)c1nnnn12. The largest absolute Gasteiger partial charge is 0.331 e. The van der Waals surface area contributed by atoms with E-state index < -0.39 is 0 Å². The molecule has 0 unspecified atom stereocenters. The predicted octanol–water partition coefficient (Wildman–Crippen LogP) is 4.31. The third-order valence-corrected chi connectivity index (χ3v) is 5.96. The molecule has 1 saturated carbocycles. The van der Waals surface area contributed by atoms with E-state index in [0.717, 1.165) is 47.7 Å². The number of nitrogens with zero attached hydrogens (tertiary/aromatic N) is 5. The van der Waals surface area contributed by atoms with E-state index in [2.05, 4.69) is 27.7 Å². The summed E-state index contributed by atoms with van der Waals surface area (Å²) in [6.07, 6.45) is 4.16. The molecule has 1 amide bonds. The summed E-state index contributed by atoms with van der Waals surface area (Å²) in [5.74, 6) is -0.433. The van der Waals surface area contributed by atoms with Gasteiger partial charge >= 0.3 is 0 Å². The minimum atomic E-state index is -0.347. The van der Waals surface area contributed by atoms with Crippen molar-refractivity contribution in [3.63, 3.8) is 0 Å². The molecule has 30 heavy (non-hydrogen) atoms. The lowest BCUT2D eigenvalue weighted by molar-refractivity contribution is 0.0665. The maximum absolute atomic E-state index is 13.4. The fraction of sp³-hybridized carbons (Fsp3) is 0.304. The van der Waals surface area contributed by atoms with Crippen molar-refractivity contribution in [2.45, 2.75) is 45.2 Å². The van der Waals surface area contributed by atoms with E-state index in [1.807, 2.05) is 24.0 Å². The standard InChI is InChI=1S/C23H22FN5O/c1-15-6-11-21-17(12-15)13-18(22-25-26-27-29(21)22)14-28(20-4-2-3-5-20)23(30)16-7-9-19(24)10-8-16/h6-13,20H,2-5,14H2,1H3. The van der Waals surface area contributed by atoms with E-state index in [0.29, 0.717) is 17.8 Å². The Morgan fingerprint density at radius 1 is 1.13 bits per heavy atom. The van der Waals surface area contributed by atoms with Crippen molar-refractivity contribution < 1.29 is 9.18 Å². The first-order chi connectivity index (χ1) is 14.6. The van der Waals surface area contributed by atoms with Crippen LogP contribution in [0.1, 0.15) is 47.2 Å². The van der Waals surface area contributed by atoms with Gasteiger partial charge in [-0.3, -0.25) is 4.79 Å². The molecule has 1 fully saturated rings. The molecule has 2 aromatic heterocycles. The lowest BCUT2D eigenvalue weighted by atomic mass is 10.1. The van der Waals surface area contributed by atoms with Gasteiger partial charge in [0.2, 0.25) is 0 Å². The average Bonchev–Trinajstić information content (AvgIpc) is 3.44. The van der Waals surface area contributed by atoms with Crippen molar-refractivity contribution in [3.05, 3.63) is 71.0 Å².